The molecule has 1 aliphatic heterocycles. The van der Waals surface area contributed by atoms with E-state index in [4.69, 9.17) is 10.5 Å². The van der Waals surface area contributed by atoms with Gasteiger partial charge in [0.25, 0.3) is 5.91 Å². The van der Waals surface area contributed by atoms with E-state index < -0.39 is 6.04 Å². The van der Waals surface area contributed by atoms with Gasteiger partial charge in [-0.2, -0.15) is 0 Å². The van der Waals surface area contributed by atoms with Crippen molar-refractivity contribution in [1.29, 1.82) is 0 Å². The molecule has 0 saturated carbocycles. The number of benzene rings is 3. The van der Waals surface area contributed by atoms with Crippen molar-refractivity contribution >= 4 is 11.8 Å². The van der Waals surface area contributed by atoms with Gasteiger partial charge in [-0.05, 0) is 60.9 Å². The number of nitrogens with zero attached hydrogens (tertiary/aromatic N) is 2. The summed E-state index contributed by atoms with van der Waals surface area (Å²) in [5.41, 5.74) is 9.21. The maximum Gasteiger partial charge on any atom is 0.254 e. The van der Waals surface area contributed by atoms with Crippen LogP contribution < -0.4 is 15.8 Å². The maximum absolute atomic E-state index is 13.6. The predicted molar refractivity (Wildman–Crippen MR) is 145 cm³/mol. The lowest BCUT2D eigenvalue weighted by Crippen LogP contribution is -2.47. The molecule has 1 aliphatic rings. The largest absolute Gasteiger partial charge is 0.497 e. The molecule has 3 aromatic carbocycles. The number of hydrogen-bond donors (Lipinski definition) is 2. The first-order chi connectivity index (χ1) is 18.4. The number of nitrogens with two attached hydrogens (primary N) is 1. The molecule has 1 saturated heterocycles. The third-order valence-corrected chi connectivity index (χ3v) is 6.92. The minimum Gasteiger partial charge on any atom is -0.497 e. The van der Waals surface area contributed by atoms with Crippen LogP contribution in [0.1, 0.15) is 33.5 Å². The SMILES string of the molecule is COc1cccc(CN(Cc2ccc(F)cc2)C2CC(C(=O)NCCN)N(C(=O)c3ccc(C)cc3)C2)c1. The van der Waals surface area contributed by atoms with Crippen LogP contribution in [-0.2, 0) is 17.9 Å². The van der Waals surface area contributed by atoms with Gasteiger partial charge in [0, 0.05) is 44.3 Å². The highest BCUT2D eigenvalue weighted by atomic mass is 19.1. The van der Waals surface area contributed by atoms with Crippen molar-refractivity contribution in [3.05, 3.63) is 101 Å². The maximum atomic E-state index is 13.6. The van der Waals surface area contributed by atoms with Gasteiger partial charge in [0.15, 0.2) is 0 Å². The van der Waals surface area contributed by atoms with Gasteiger partial charge in [-0.1, -0.05) is 42.0 Å². The van der Waals surface area contributed by atoms with Crippen LogP contribution in [0.3, 0.4) is 0 Å². The van der Waals surface area contributed by atoms with E-state index in [2.05, 4.69) is 10.2 Å². The molecule has 4 rings (SSSR count). The zero-order chi connectivity index (χ0) is 27.1. The Balaban J connectivity index is 1.63. The molecule has 3 aromatic rings. The number of amides is 2. The molecule has 0 aromatic heterocycles. The Kier molecular flexibility index (Phi) is 9.10. The average molecular weight is 519 g/mol. The van der Waals surface area contributed by atoms with Crippen LogP contribution >= 0.6 is 0 Å². The molecule has 2 unspecified atom stereocenters. The standard InChI is InChI=1S/C30H35FN4O3/c1-21-6-10-24(11-7-21)30(37)35-20-26(17-28(35)29(36)33-15-14-32)34(18-22-8-12-25(31)13-9-22)19-23-4-3-5-27(16-23)38-2/h3-13,16,26,28H,14-15,17-20,32H2,1-2H3,(H,33,36). The summed E-state index contributed by atoms with van der Waals surface area (Å²) >= 11 is 0. The van der Waals surface area contributed by atoms with Crippen LogP contribution in [0.25, 0.3) is 0 Å². The second kappa shape index (κ2) is 12.7. The molecule has 200 valence electrons. The fourth-order valence-electron chi connectivity index (χ4n) is 4.87. The van der Waals surface area contributed by atoms with Crippen molar-refractivity contribution in [2.24, 2.45) is 5.73 Å². The summed E-state index contributed by atoms with van der Waals surface area (Å²) in [6.07, 6.45) is 0.471. The molecular weight excluding hydrogens is 483 g/mol. The monoisotopic (exact) mass is 518 g/mol. The number of ether oxygens (including phenoxy) is 1. The van der Waals surface area contributed by atoms with Gasteiger partial charge >= 0.3 is 0 Å². The molecular formula is C30H35FN4O3. The Morgan fingerprint density at radius 1 is 1.05 bits per heavy atom. The molecule has 2 atom stereocenters. The second-order valence-corrected chi connectivity index (χ2v) is 9.69. The molecule has 8 heteroatoms. The summed E-state index contributed by atoms with van der Waals surface area (Å²) in [5, 5.41) is 2.87. The highest BCUT2D eigenvalue weighted by Gasteiger charge is 2.42. The van der Waals surface area contributed by atoms with Crippen molar-refractivity contribution in [3.63, 3.8) is 0 Å². The number of methoxy groups -OCH3 is 1. The van der Waals surface area contributed by atoms with E-state index in [1.807, 2.05) is 43.3 Å². The first kappa shape index (κ1) is 27.3. The summed E-state index contributed by atoms with van der Waals surface area (Å²) in [6, 6.07) is 20.9. The van der Waals surface area contributed by atoms with Gasteiger partial charge in [-0.15, -0.1) is 0 Å². The van der Waals surface area contributed by atoms with Gasteiger partial charge in [-0.25, -0.2) is 4.39 Å². The van der Waals surface area contributed by atoms with E-state index in [0.717, 1.165) is 22.4 Å². The van der Waals surface area contributed by atoms with Crippen molar-refractivity contribution < 1.29 is 18.7 Å². The van der Waals surface area contributed by atoms with Crippen LogP contribution in [0.5, 0.6) is 5.75 Å². The van der Waals surface area contributed by atoms with Crippen molar-refractivity contribution in [3.8, 4) is 5.75 Å². The van der Waals surface area contributed by atoms with Crippen LogP contribution in [0.4, 0.5) is 4.39 Å². The third kappa shape index (κ3) is 6.76. The smallest absolute Gasteiger partial charge is 0.254 e. The number of likely N-dealkylation sites (tertiary alicyclic amines) is 1. The number of hydrogen-bond acceptors (Lipinski definition) is 5. The Hall–Kier alpha value is -3.75. The van der Waals surface area contributed by atoms with Gasteiger partial charge in [0.1, 0.15) is 17.6 Å². The average Bonchev–Trinajstić information content (AvgIpc) is 3.38. The molecule has 0 radical (unpaired) electrons. The lowest BCUT2D eigenvalue weighted by molar-refractivity contribution is -0.124. The quantitative estimate of drug-likeness (QED) is 0.429. The molecule has 1 heterocycles. The highest BCUT2D eigenvalue weighted by molar-refractivity contribution is 5.98. The van der Waals surface area contributed by atoms with Crippen LogP contribution in [0.15, 0.2) is 72.8 Å². The minimum atomic E-state index is -0.624. The number of carbonyl (C=O) groups is 2. The third-order valence-electron chi connectivity index (χ3n) is 6.92. The van der Waals surface area contributed by atoms with Crippen molar-refractivity contribution in [2.75, 3.05) is 26.7 Å². The summed E-state index contributed by atoms with van der Waals surface area (Å²) in [6.45, 7) is 4.12. The lowest BCUT2D eigenvalue weighted by atomic mass is 10.1. The summed E-state index contributed by atoms with van der Waals surface area (Å²) in [4.78, 5) is 30.7. The number of halogens is 1. The molecule has 1 fully saturated rings. The number of aryl methyl sites for hydroxylation is 1. The normalized spacial score (nSPS) is 17.0. The first-order valence-electron chi connectivity index (χ1n) is 12.8. The second-order valence-electron chi connectivity index (χ2n) is 9.69. The molecule has 0 spiro atoms. The van der Waals surface area contributed by atoms with E-state index in [9.17, 15) is 14.0 Å². The van der Waals surface area contributed by atoms with Crippen LogP contribution in [0.2, 0.25) is 0 Å². The van der Waals surface area contributed by atoms with E-state index >= 15 is 0 Å². The van der Waals surface area contributed by atoms with E-state index in [1.54, 1.807) is 36.3 Å². The Labute approximate surface area is 223 Å². The van der Waals surface area contributed by atoms with Crippen LogP contribution in [-0.4, -0.2) is 60.4 Å². The fraction of sp³-hybridized carbons (Fsp3) is 0.333. The van der Waals surface area contributed by atoms with E-state index in [0.29, 0.717) is 44.7 Å². The van der Waals surface area contributed by atoms with E-state index in [-0.39, 0.29) is 23.7 Å². The fourth-order valence-corrected chi connectivity index (χ4v) is 4.87. The Morgan fingerprint density at radius 3 is 2.45 bits per heavy atom. The Bertz CT molecular complexity index is 1230. The zero-order valence-corrected chi connectivity index (χ0v) is 21.9. The molecule has 0 bridgehead atoms. The predicted octanol–water partition coefficient (Wildman–Crippen LogP) is 3.50. The van der Waals surface area contributed by atoms with Gasteiger partial charge < -0.3 is 20.7 Å². The number of carbonyl (C=O) groups excluding carboxylic acids is 2. The van der Waals surface area contributed by atoms with Crippen molar-refractivity contribution in [2.45, 2.75) is 38.5 Å². The highest BCUT2D eigenvalue weighted by Crippen LogP contribution is 2.28. The molecule has 7 nitrogen and oxygen atoms in total. The molecule has 3 N–H and O–H groups in total. The van der Waals surface area contributed by atoms with Gasteiger partial charge in [0.2, 0.25) is 5.91 Å². The molecule has 2 amide bonds. The number of rotatable bonds is 10. The minimum absolute atomic E-state index is 0.103. The molecule has 0 aliphatic carbocycles. The zero-order valence-electron chi connectivity index (χ0n) is 21.9. The van der Waals surface area contributed by atoms with Gasteiger partial charge in [-0.3, -0.25) is 14.5 Å². The summed E-state index contributed by atoms with van der Waals surface area (Å²) < 4.78 is 19.0. The van der Waals surface area contributed by atoms with Gasteiger partial charge in [0.05, 0.1) is 7.11 Å². The van der Waals surface area contributed by atoms with Crippen LogP contribution in [0, 0.1) is 12.7 Å². The van der Waals surface area contributed by atoms with Crippen molar-refractivity contribution in [1.82, 2.24) is 15.1 Å². The Morgan fingerprint density at radius 2 is 1.76 bits per heavy atom. The topological polar surface area (TPSA) is 87.9 Å². The summed E-state index contributed by atoms with van der Waals surface area (Å²) in [7, 11) is 1.63. The summed E-state index contributed by atoms with van der Waals surface area (Å²) in [5.74, 6) is 0.0800. The first-order valence-corrected chi connectivity index (χ1v) is 12.8. The molecule has 38 heavy (non-hydrogen) atoms. The van der Waals surface area contributed by atoms with E-state index in [1.165, 1.54) is 12.1 Å². The lowest BCUT2D eigenvalue weighted by Gasteiger charge is -2.29. The number of nitrogens with one attached hydrogen (secondary N) is 1.